The second kappa shape index (κ2) is 3.47. The molecule has 0 saturated carbocycles. The number of rotatable bonds is 1. The number of hydrogen-bond donors (Lipinski definition) is 0. The smallest absolute Gasteiger partial charge is 0.266 e. The number of halogens is 2. The maximum Gasteiger partial charge on any atom is 0.266 e. The molecule has 0 atom stereocenters. The molecular formula is C12H15F2N. The molecule has 0 bridgehead atoms. The van der Waals surface area contributed by atoms with Gasteiger partial charge in [-0.25, -0.2) is 8.78 Å². The van der Waals surface area contributed by atoms with Gasteiger partial charge in [0.1, 0.15) is 0 Å². The average Bonchev–Trinajstić information content (AvgIpc) is 2.46. The Hall–Kier alpha value is -1.12. The molecule has 0 radical (unpaired) electrons. The number of benzene rings is 1. The fourth-order valence-corrected chi connectivity index (χ4v) is 2.10. The van der Waals surface area contributed by atoms with Crippen molar-refractivity contribution in [3.63, 3.8) is 0 Å². The molecule has 0 unspecified atom stereocenters. The summed E-state index contributed by atoms with van der Waals surface area (Å²) in [5.74, 6) is -2.52. The Labute approximate surface area is 88.7 Å². The number of aryl methyl sites for hydroxylation is 2. The van der Waals surface area contributed by atoms with Gasteiger partial charge in [-0.1, -0.05) is 17.7 Å². The van der Waals surface area contributed by atoms with Crippen molar-refractivity contribution in [2.24, 2.45) is 0 Å². The van der Waals surface area contributed by atoms with E-state index < -0.39 is 5.92 Å². The minimum atomic E-state index is -2.52. The molecule has 82 valence electrons. The minimum absolute atomic E-state index is 0.0275. The summed E-state index contributed by atoms with van der Waals surface area (Å²) in [5, 5.41) is 0. The predicted octanol–water partition coefficient (Wildman–Crippen LogP) is 3.15. The van der Waals surface area contributed by atoms with Crippen LogP contribution in [-0.2, 0) is 0 Å². The van der Waals surface area contributed by atoms with Crippen LogP contribution in [0.3, 0.4) is 0 Å². The van der Waals surface area contributed by atoms with Crippen molar-refractivity contribution in [1.29, 1.82) is 0 Å². The van der Waals surface area contributed by atoms with Gasteiger partial charge in [-0.3, -0.25) is 0 Å². The first kappa shape index (κ1) is 10.4. The molecule has 0 aromatic heterocycles. The van der Waals surface area contributed by atoms with Crippen molar-refractivity contribution in [3.05, 3.63) is 29.3 Å². The highest BCUT2D eigenvalue weighted by Crippen LogP contribution is 2.32. The van der Waals surface area contributed by atoms with Gasteiger partial charge in [0.05, 0.1) is 6.54 Å². The van der Waals surface area contributed by atoms with Crippen LogP contribution in [0.1, 0.15) is 17.5 Å². The summed E-state index contributed by atoms with van der Waals surface area (Å²) in [6, 6.07) is 5.94. The first-order chi connectivity index (χ1) is 6.98. The Morgan fingerprint density at radius 1 is 1.27 bits per heavy atom. The van der Waals surface area contributed by atoms with E-state index in [1.807, 2.05) is 32.0 Å². The van der Waals surface area contributed by atoms with Gasteiger partial charge in [0.25, 0.3) is 5.92 Å². The van der Waals surface area contributed by atoms with Crippen molar-refractivity contribution in [1.82, 2.24) is 0 Å². The van der Waals surface area contributed by atoms with Crippen molar-refractivity contribution < 1.29 is 8.78 Å². The predicted molar refractivity (Wildman–Crippen MR) is 57.7 cm³/mol. The third kappa shape index (κ3) is 2.11. The molecular weight excluding hydrogens is 196 g/mol. The largest absolute Gasteiger partial charge is 0.365 e. The highest BCUT2D eigenvalue weighted by Gasteiger charge is 2.38. The fraction of sp³-hybridized carbons (Fsp3) is 0.500. The third-order valence-electron chi connectivity index (χ3n) is 2.86. The maximum absolute atomic E-state index is 13.0. The molecule has 1 aromatic carbocycles. The molecule has 1 nitrogen and oxygen atoms in total. The lowest BCUT2D eigenvalue weighted by Crippen LogP contribution is -2.25. The molecule has 3 heteroatoms. The van der Waals surface area contributed by atoms with E-state index >= 15 is 0 Å². The second-order valence-electron chi connectivity index (χ2n) is 4.32. The summed E-state index contributed by atoms with van der Waals surface area (Å²) in [5.41, 5.74) is 3.19. The van der Waals surface area contributed by atoms with Gasteiger partial charge in [0, 0.05) is 18.7 Å². The SMILES string of the molecule is Cc1ccc(N2CCC(F)(F)C2)c(C)c1. The van der Waals surface area contributed by atoms with Crippen molar-refractivity contribution in [2.45, 2.75) is 26.2 Å². The number of alkyl halides is 2. The van der Waals surface area contributed by atoms with E-state index in [1.165, 1.54) is 5.56 Å². The van der Waals surface area contributed by atoms with Crippen LogP contribution in [0.4, 0.5) is 14.5 Å². The Bertz CT molecular complexity index is 374. The van der Waals surface area contributed by atoms with Gasteiger partial charge in [0.15, 0.2) is 0 Å². The molecule has 1 heterocycles. The normalized spacial score (nSPS) is 19.6. The monoisotopic (exact) mass is 211 g/mol. The molecule has 1 saturated heterocycles. The molecule has 1 aliphatic rings. The number of anilines is 1. The topological polar surface area (TPSA) is 3.24 Å². The van der Waals surface area contributed by atoms with Crippen LogP contribution >= 0.6 is 0 Å². The van der Waals surface area contributed by atoms with E-state index in [0.717, 1.165) is 11.3 Å². The van der Waals surface area contributed by atoms with Crippen LogP contribution in [0.2, 0.25) is 0 Å². The zero-order valence-electron chi connectivity index (χ0n) is 9.06. The lowest BCUT2D eigenvalue weighted by Gasteiger charge is -2.20. The molecule has 1 aliphatic heterocycles. The zero-order valence-corrected chi connectivity index (χ0v) is 9.06. The summed E-state index contributed by atoms with van der Waals surface area (Å²) in [7, 11) is 0. The average molecular weight is 211 g/mol. The number of hydrogen-bond acceptors (Lipinski definition) is 1. The van der Waals surface area contributed by atoms with Crippen LogP contribution in [0, 0.1) is 13.8 Å². The van der Waals surface area contributed by atoms with Crippen molar-refractivity contribution in [3.8, 4) is 0 Å². The van der Waals surface area contributed by atoms with E-state index in [1.54, 1.807) is 4.90 Å². The summed E-state index contributed by atoms with van der Waals surface area (Å²) in [6.45, 7) is 4.29. The maximum atomic E-state index is 13.0. The Morgan fingerprint density at radius 3 is 2.53 bits per heavy atom. The second-order valence-corrected chi connectivity index (χ2v) is 4.32. The summed E-state index contributed by atoms with van der Waals surface area (Å²) in [4.78, 5) is 1.77. The van der Waals surface area contributed by atoms with E-state index in [2.05, 4.69) is 0 Å². The van der Waals surface area contributed by atoms with Gasteiger partial charge in [-0.2, -0.15) is 0 Å². The van der Waals surface area contributed by atoms with Crippen molar-refractivity contribution in [2.75, 3.05) is 18.0 Å². The lowest BCUT2D eigenvalue weighted by atomic mass is 10.1. The van der Waals surface area contributed by atoms with Gasteiger partial charge in [-0.15, -0.1) is 0 Å². The first-order valence-electron chi connectivity index (χ1n) is 5.18. The molecule has 15 heavy (non-hydrogen) atoms. The van der Waals surface area contributed by atoms with Gasteiger partial charge in [0.2, 0.25) is 0 Å². The Morgan fingerprint density at radius 2 is 2.00 bits per heavy atom. The quantitative estimate of drug-likeness (QED) is 0.689. The standard InChI is InChI=1S/C12H15F2N/c1-9-3-4-11(10(2)7-9)15-6-5-12(13,14)8-15/h3-4,7H,5-6,8H2,1-2H3. The van der Waals surface area contributed by atoms with Gasteiger partial charge in [-0.05, 0) is 25.5 Å². The Kier molecular flexibility index (Phi) is 2.41. The third-order valence-corrected chi connectivity index (χ3v) is 2.86. The van der Waals surface area contributed by atoms with Crippen LogP contribution in [0.25, 0.3) is 0 Å². The van der Waals surface area contributed by atoms with E-state index in [-0.39, 0.29) is 13.0 Å². The summed E-state index contributed by atoms with van der Waals surface area (Å²) < 4.78 is 26.1. The molecule has 1 fully saturated rings. The molecule has 0 amide bonds. The van der Waals surface area contributed by atoms with Crippen LogP contribution in [0.5, 0.6) is 0 Å². The molecule has 0 spiro atoms. The highest BCUT2D eigenvalue weighted by atomic mass is 19.3. The summed E-state index contributed by atoms with van der Waals surface area (Å²) >= 11 is 0. The minimum Gasteiger partial charge on any atom is -0.365 e. The van der Waals surface area contributed by atoms with E-state index in [4.69, 9.17) is 0 Å². The Balaban J connectivity index is 2.24. The van der Waals surface area contributed by atoms with Crippen LogP contribution < -0.4 is 4.90 Å². The van der Waals surface area contributed by atoms with Crippen LogP contribution in [-0.4, -0.2) is 19.0 Å². The fourth-order valence-electron chi connectivity index (χ4n) is 2.10. The number of nitrogens with zero attached hydrogens (tertiary/aromatic N) is 1. The first-order valence-corrected chi connectivity index (χ1v) is 5.18. The summed E-state index contributed by atoms with van der Waals surface area (Å²) in [6.07, 6.45) is -0.0275. The van der Waals surface area contributed by atoms with E-state index in [0.29, 0.717) is 6.54 Å². The van der Waals surface area contributed by atoms with Crippen LogP contribution in [0.15, 0.2) is 18.2 Å². The lowest BCUT2D eigenvalue weighted by molar-refractivity contribution is 0.0257. The molecule has 0 aliphatic carbocycles. The highest BCUT2D eigenvalue weighted by molar-refractivity contribution is 5.55. The molecule has 2 rings (SSSR count). The van der Waals surface area contributed by atoms with Crippen molar-refractivity contribution >= 4 is 5.69 Å². The zero-order chi connectivity index (χ0) is 11.1. The van der Waals surface area contributed by atoms with Gasteiger partial charge >= 0.3 is 0 Å². The molecule has 0 N–H and O–H groups in total. The van der Waals surface area contributed by atoms with E-state index in [9.17, 15) is 8.78 Å². The molecule has 1 aromatic rings. The van der Waals surface area contributed by atoms with Gasteiger partial charge < -0.3 is 4.90 Å².